The van der Waals surface area contributed by atoms with E-state index < -0.39 is 0 Å². The summed E-state index contributed by atoms with van der Waals surface area (Å²) in [5.41, 5.74) is 2.50. The second-order valence-electron chi connectivity index (χ2n) is 3.29. The number of allylic oxidation sites excluding steroid dienone is 1. The molecule has 0 radical (unpaired) electrons. The molecule has 0 fully saturated rings. The van der Waals surface area contributed by atoms with Gasteiger partial charge in [0.25, 0.3) is 0 Å². The maximum atomic E-state index is 3.77. The van der Waals surface area contributed by atoms with Crippen molar-refractivity contribution in [1.82, 2.24) is 20.2 Å². The van der Waals surface area contributed by atoms with Gasteiger partial charge >= 0.3 is 0 Å². The first-order valence-electron chi connectivity index (χ1n) is 4.79. The zero-order valence-electron chi connectivity index (χ0n) is 8.54. The second-order valence-corrected chi connectivity index (χ2v) is 3.29. The Bertz CT molecular complexity index is 445. The Kier molecular flexibility index (Phi) is 2.88. The van der Waals surface area contributed by atoms with Crippen LogP contribution in [0.4, 0.5) is 0 Å². The third-order valence-electron chi connectivity index (χ3n) is 2.17. The molecular formula is C11H12N4. The average molecular weight is 200 g/mol. The van der Waals surface area contributed by atoms with Crippen molar-refractivity contribution in [3.05, 3.63) is 47.8 Å². The molecule has 4 nitrogen and oxygen atoms in total. The number of benzene rings is 1. The van der Waals surface area contributed by atoms with Crippen LogP contribution in [0.3, 0.4) is 0 Å². The monoisotopic (exact) mass is 200 g/mol. The molecule has 0 aliphatic rings. The first-order chi connectivity index (χ1) is 7.36. The molecule has 2 rings (SSSR count). The van der Waals surface area contributed by atoms with E-state index in [1.807, 2.05) is 18.2 Å². The van der Waals surface area contributed by atoms with Crippen molar-refractivity contribution >= 4 is 6.08 Å². The van der Waals surface area contributed by atoms with Crippen molar-refractivity contribution < 1.29 is 0 Å². The molecule has 15 heavy (non-hydrogen) atoms. The Morgan fingerprint density at radius 1 is 1.33 bits per heavy atom. The summed E-state index contributed by atoms with van der Waals surface area (Å²) in [6.07, 6.45) is 5.72. The zero-order valence-corrected chi connectivity index (χ0v) is 8.54. The fraction of sp³-hybridized carbons (Fsp3) is 0.182. The molecule has 0 bridgehead atoms. The van der Waals surface area contributed by atoms with Gasteiger partial charge in [-0.2, -0.15) is 0 Å². The van der Waals surface area contributed by atoms with E-state index in [2.05, 4.69) is 40.7 Å². The predicted molar refractivity (Wildman–Crippen MR) is 58.0 cm³/mol. The molecule has 0 saturated heterocycles. The number of aryl methyl sites for hydroxylation is 1. The Labute approximate surface area is 88.2 Å². The summed E-state index contributed by atoms with van der Waals surface area (Å²) in [5.74, 6) is 0. The highest BCUT2D eigenvalue weighted by Crippen LogP contribution is 2.08. The van der Waals surface area contributed by atoms with Gasteiger partial charge in [0, 0.05) is 0 Å². The number of hydrogen-bond acceptors (Lipinski definition) is 3. The Hall–Kier alpha value is -1.97. The van der Waals surface area contributed by atoms with Crippen LogP contribution in [-0.2, 0) is 6.54 Å². The number of tetrazole rings is 1. The highest BCUT2D eigenvalue weighted by Gasteiger charge is 1.91. The lowest BCUT2D eigenvalue weighted by molar-refractivity contribution is 0.661. The first-order valence-corrected chi connectivity index (χ1v) is 4.79. The van der Waals surface area contributed by atoms with Crippen molar-refractivity contribution in [2.24, 2.45) is 0 Å². The van der Waals surface area contributed by atoms with Gasteiger partial charge in [-0.05, 0) is 28.5 Å². The van der Waals surface area contributed by atoms with Crippen LogP contribution in [-0.4, -0.2) is 20.2 Å². The van der Waals surface area contributed by atoms with Crippen LogP contribution >= 0.6 is 0 Å². The normalized spacial score (nSPS) is 11.0. The molecule has 1 heterocycles. The highest BCUT2D eigenvalue weighted by atomic mass is 15.5. The summed E-state index contributed by atoms with van der Waals surface area (Å²) in [5, 5.41) is 10.9. The molecular weight excluding hydrogens is 188 g/mol. The van der Waals surface area contributed by atoms with E-state index in [0.29, 0.717) is 6.54 Å². The number of rotatable bonds is 3. The first kappa shape index (κ1) is 9.58. The van der Waals surface area contributed by atoms with Gasteiger partial charge in [0.2, 0.25) is 0 Å². The molecule has 0 aliphatic heterocycles. The fourth-order valence-electron chi connectivity index (χ4n) is 1.33. The minimum absolute atomic E-state index is 0.696. The summed E-state index contributed by atoms with van der Waals surface area (Å²) in [6.45, 7) is 2.79. The van der Waals surface area contributed by atoms with E-state index in [-0.39, 0.29) is 0 Å². The van der Waals surface area contributed by atoms with Crippen LogP contribution in [0.15, 0.2) is 36.7 Å². The van der Waals surface area contributed by atoms with Crippen LogP contribution < -0.4 is 0 Å². The van der Waals surface area contributed by atoms with Gasteiger partial charge in [-0.1, -0.05) is 36.4 Å². The number of nitrogens with zero attached hydrogens (tertiary/aromatic N) is 4. The molecule has 0 atom stereocenters. The Balaban J connectivity index is 2.03. The van der Waals surface area contributed by atoms with Gasteiger partial charge in [0.1, 0.15) is 6.33 Å². The van der Waals surface area contributed by atoms with E-state index >= 15 is 0 Å². The van der Waals surface area contributed by atoms with E-state index in [1.165, 1.54) is 11.1 Å². The van der Waals surface area contributed by atoms with Crippen molar-refractivity contribution in [3.8, 4) is 0 Å². The highest BCUT2D eigenvalue weighted by molar-refractivity contribution is 5.52. The van der Waals surface area contributed by atoms with E-state index in [1.54, 1.807) is 11.0 Å². The molecule has 0 aliphatic carbocycles. The molecule has 1 aromatic heterocycles. The van der Waals surface area contributed by atoms with Gasteiger partial charge in [0.05, 0.1) is 6.54 Å². The van der Waals surface area contributed by atoms with Crippen molar-refractivity contribution in [2.75, 3.05) is 0 Å². The molecule has 2 aromatic rings. The van der Waals surface area contributed by atoms with Gasteiger partial charge in [-0.15, -0.1) is 5.10 Å². The van der Waals surface area contributed by atoms with Crippen LogP contribution in [0, 0.1) is 6.92 Å². The van der Waals surface area contributed by atoms with Gasteiger partial charge < -0.3 is 0 Å². The van der Waals surface area contributed by atoms with Crippen LogP contribution in [0.1, 0.15) is 11.1 Å². The average Bonchev–Trinajstić information content (AvgIpc) is 2.74. The maximum absolute atomic E-state index is 3.77. The molecule has 1 aromatic carbocycles. The summed E-state index contributed by atoms with van der Waals surface area (Å²) >= 11 is 0. The van der Waals surface area contributed by atoms with E-state index in [9.17, 15) is 0 Å². The van der Waals surface area contributed by atoms with Gasteiger partial charge in [0.15, 0.2) is 0 Å². The summed E-state index contributed by atoms with van der Waals surface area (Å²) in [7, 11) is 0. The van der Waals surface area contributed by atoms with Crippen molar-refractivity contribution in [3.63, 3.8) is 0 Å². The molecule has 0 spiro atoms. The van der Waals surface area contributed by atoms with Crippen molar-refractivity contribution in [1.29, 1.82) is 0 Å². The SMILES string of the molecule is Cc1ccccc1/C=C/Cn1cnnn1. The summed E-state index contributed by atoms with van der Waals surface area (Å²) in [4.78, 5) is 0. The third kappa shape index (κ3) is 2.49. The van der Waals surface area contributed by atoms with Crippen LogP contribution in [0.5, 0.6) is 0 Å². The lowest BCUT2D eigenvalue weighted by atomic mass is 10.1. The third-order valence-corrected chi connectivity index (χ3v) is 2.17. The smallest absolute Gasteiger partial charge is 0.138 e. The second kappa shape index (κ2) is 4.50. The van der Waals surface area contributed by atoms with Crippen LogP contribution in [0.2, 0.25) is 0 Å². The topological polar surface area (TPSA) is 43.6 Å². The maximum Gasteiger partial charge on any atom is 0.138 e. The minimum atomic E-state index is 0.696. The standard InChI is InChI=1S/C11H12N4/c1-10-5-2-3-6-11(10)7-4-8-15-9-12-13-14-15/h2-7,9H,8H2,1H3/b7-4+. The minimum Gasteiger partial charge on any atom is -0.229 e. The lowest BCUT2D eigenvalue weighted by Crippen LogP contribution is -1.95. The lowest BCUT2D eigenvalue weighted by Gasteiger charge is -1.98. The summed E-state index contributed by atoms with van der Waals surface area (Å²) in [6, 6.07) is 8.25. The van der Waals surface area contributed by atoms with E-state index in [0.717, 1.165) is 0 Å². The Morgan fingerprint density at radius 2 is 2.20 bits per heavy atom. The molecule has 76 valence electrons. The quantitative estimate of drug-likeness (QED) is 0.757. The predicted octanol–water partition coefficient (Wildman–Crippen LogP) is 1.69. The fourth-order valence-corrected chi connectivity index (χ4v) is 1.33. The van der Waals surface area contributed by atoms with Crippen molar-refractivity contribution in [2.45, 2.75) is 13.5 Å². The molecule has 0 amide bonds. The molecule has 0 N–H and O–H groups in total. The van der Waals surface area contributed by atoms with Gasteiger partial charge in [-0.25, -0.2) is 4.68 Å². The van der Waals surface area contributed by atoms with E-state index in [4.69, 9.17) is 0 Å². The number of aromatic nitrogens is 4. The largest absolute Gasteiger partial charge is 0.229 e. The van der Waals surface area contributed by atoms with Crippen LogP contribution in [0.25, 0.3) is 6.08 Å². The Morgan fingerprint density at radius 3 is 2.93 bits per heavy atom. The molecule has 0 unspecified atom stereocenters. The zero-order chi connectivity index (χ0) is 10.5. The number of hydrogen-bond donors (Lipinski definition) is 0. The van der Waals surface area contributed by atoms with Gasteiger partial charge in [-0.3, -0.25) is 0 Å². The molecule has 4 heteroatoms. The summed E-state index contributed by atoms with van der Waals surface area (Å²) < 4.78 is 1.68. The molecule has 0 saturated carbocycles.